The molecule has 0 aromatic heterocycles. The fraction of sp³-hybridized carbons (Fsp3) is 0.429. The zero-order valence-corrected chi connectivity index (χ0v) is 11.6. The van der Waals surface area contributed by atoms with Gasteiger partial charge in [0.2, 0.25) is 0 Å². The van der Waals surface area contributed by atoms with E-state index in [-0.39, 0.29) is 18.6 Å². The van der Waals surface area contributed by atoms with Gasteiger partial charge in [-0.2, -0.15) is 0 Å². The molecule has 0 unspecified atom stereocenters. The molecule has 1 rings (SSSR count). The van der Waals surface area contributed by atoms with Gasteiger partial charge < -0.3 is 9.84 Å². The van der Waals surface area contributed by atoms with E-state index in [0.29, 0.717) is 29.4 Å². The Morgan fingerprint density at radius 1 is 1.32 bits per heavy atom. The molecule has 0 aliphatic rings. The average Bonchev–Trinajstić information content (AvgIpc) is 2.36. The van der Waals surface area contributed by atoms with E-state index >= 15 is 0 Å². The van der Waals surface area contributed by atoms with Crippen molar-refractivity contribution in [1.29, 1.82) is 0 Å². The van der Waals surface area contributed by atoms with Crippen molar-refractivity contribution < 1.29 is 19.4 Å². The number of carbonyl (C=O) groups excluding carboxylic acids is 1. The molecule has 4 nitrogen and oxygen atoms in total. The normalized spacial score (nSPS) is 10.2. The zero-order chi connectivity index (χ0) is 14.3. The van der Waals surface area contributed by atoms with Crippen molar-refractivity contribution in [1.82, 2.24) is 0 Å². The molecule has 0 saturated carbocycles. The second-order valence-corrected chi connectivity index (χ2v) is 4.57. The second-order valence-electron chi connectivity index (χ2n) is 4.16. The van der Waals surface area contributed by atoms with E-state index in [2.05, 4.69) is 0 Å². The second kappa shape index (κ2) is 7.79. The number of hydrogen-bond donors (Lipinski definition) is 1. The first-order valence-corrected chi connectivity index (χ1v) is 6.59. The van der Waals surface area contributed by atoms with Crippen molar-refractivity contribution in [2.75, 3.05) is 6.61 Å². The molecule has 0 aliphatic carbocycles. The van der Waals surface area contributed by atoms with Crippen LogP contribution in [0.2, 0.25) is 5.02 Å². The van der Waals surface area contributed by atoms with Crippen molar-refractivity contribution in [2.45, 2.75) is 32.6 Å². The SMILES string of the molecule is CCCOc1ccc(C(=O)CCCC(=O)O)cc1Cl. The van der Waals surface area contributed by atoms with E-state index in [9.17, 15) is 9.59 Å². The quantitative estimate of drug-likeness (QED) is 0.741. The van der Waals surface area contributed by atoms with Gasteiger partial charge in [0.25, 0.3) is 0 Å². The van der Waals surface area contributed by atoms with Gasteiger partial charge in [-0.05, 0) is 31.0 Å². The molecule has 1 N–H and O–H groups in total. The number of carboxylic acid groups (broad SMARTS) is 1. The molecule has 0 amide bonds. The topological polar surface area (TPSA) is 63.6 Å². The number of benzene rings is 1. The molecule has 19 heavy (non-hydrogen) atoms. The zero-order valence-electron chi connectivity index (χ0n) is 10.8. The molecule has 1 aromatic rings. The third kappa shape index (κ3) is 5.30. The van der Waals surface area contributed by atoms with Crippen LogP contribution in [0.1, 0.15) is 43.0 Å². The van der Waals surface area contributed by atoms with Crippen LogP contribution in [0.15, 0.2) is 18.2 Å². The number of hydrogen-bond acceptors (Lipinski definition) is 3. The van der Waals surface area contributed by atoms with Crippen molar-refractivity contribution >= 4 is 23.4 Å². The van der Waals surface area contributed by atoms with Gasteiger partial charge in [0, 0.05) is 18.4 Å². The van der Waals surface area contributed by atoms with Gasteiger partial charge in [-0.3, -0.25) is 9.59 Å². The van der Waals surface area contributed by atoms with Gasteiger partial charge in [0.15, 0.2) is 5.78 Å². The maximum absolute atomic E-state index is 11.8. The Kier molecular flexibility index (Phi) is 6.36. The number of Topliss-reactive ketones (excluding diaryl/α,β-unsaturated/α-hetero) is 1. The maximum Gasteiger partial charge on any atom is 0.303 e. The summed E-state index contributed by atoms with van der Waals surface area (Å²) in [6.45, 7) is 2.57. The Labute approximate surface area is 117 Å². The van der Waals surface area contributed by atoms with Gasteiger partial charge in [0.1, 0.15) is 5.75 Å². The number of ether oxygens (including phenoxy) is 1. The number of ketones is 1. The molecule has 0 saturated heterocycles. The Bertz CT molecular complexity index is 457. The Morgan fingerprint density at radius 3 is 2.63 bits per heavy atom. The lowest BCUT2D eigenvalue weighted by Crippen LogP contribution is -2.02. The summed E-state index contributed by atoms with van der Waals surface area (Å²) < 4.78 is 5.41. The van der Waals surface area contributed by atoms with Crippen LogP contribution in [0.4, 0.5) is 0 Å². The summed E-state index contributed by atoms with van der Waals surface area (Å²) >= 11 is 6.02. The van der Waals surface area contributed by atoms with E-state index in [1.807, 2.05) is 6.92 Å². The van der Waals surface area contributed by atoms with E-state index in [4.69, 9.17) is 21.4 Å². The van der Waals surface area contributed by atoms with Crippen LogP contribution < -0.4 is 4.74 Å². The molecule has 0 heterocycles. The number of rotatable bonds is 8. The summed E-state index contributed by atoms with van der Waals surface area (Å²) in [6.07, 6.45) is 1.42. The average molecular weight is 285 g/mol. The molecule has 104 valence electrons. The van der Waals surface area contributed by atoms with E-state index in [0.717, 1.165) is 6.42 Å². The van der Waals surface area contributed by atoms with Crippen LogP contribution in [-0.4, -0.2) is 23.5 Å². The van der Waals surface area contributed by atoms with Crippen LogP contribution in [0.5, 0.6) is 5.75 Å². The lowest BCUT2D eigenvalue weighted by Gasteiger charge is -2.08. The van der Waals surface area contributed by atoms with Crippen LogP contribution >= 0.6 is 11.6 Å². The molecule has 0 aliphatic heterocycles. The summed E-state index contributed by atoms with van der Waals surface area (Å²) in [4.78, 5) is 22.2. The predicted molar refractivity (Wildman–Crippen MR) is 73.1 cm³/mol. The van der Waals surface area contributed by atoms with Gasteiger partial charge in [0.05, 0.1) is 11.6 Å². The number of carbonyl (C=O) groups is 2. The standard InChI is InChI=1S/C14H17ClO4/c1-2-8-19-13-7-6-10(9-11(13)15)12(16)4-3-5-14(17)18/h6-7,9H,2-5,8H2,1H3,(H,17,18). The minimum absolute atomic E-state index is 0.00281. The lowest BCUT2D eigenvalue weighted by molar-refractivity contribution is -0.137. The summed E-state index contributed by atoms with van der Waals surface area (Å²) in [5.41, 5.74) is 0.485. The Balaban J connectivity index is 2.61. The number of halogens is 1. The lowest BCUT2D eigenvalue weighted by atomic mass is 10.1. The van der Waals surface area contributed by atoms with Crippen molar-refractivity contribution in [3.63, 3.8) is 0 Å². The highest BCUT2D eigenvalue weighted by Crippen LogP contribution is 2.26. The largest absolute Gasteiger partial charge is 0.492 e. The molecule has 0 radical (unpaired) electrons. The van der Waals surface area contributed by atoms with E-state index < -0.39 is 5.97 Å². The molecule has 0 fully saturated rings. The minimum Gasteiger partial charge on any atom is -0.492 e. The molecule has 1 aromatic carbocycles. The highest BCUT2D eigenvalue weighted by molar-refractivity contribution is 6.32. The van der Waals surface area contributed by atoms with Crippen molar-refractivity contribution in [3.05, 3.63) is 28.8 Å². The van der Waals surface area contributed by atoms with Crippen molar-refractivity contribution in [3.8, 4) is 5.75 Å². The van der Waals surface area contributed by atoms with E-state index in [1.165, 1.54) is 0 Å². The molecule has 5 heteroatoms. The third-order valence-electron chi connectivity index (χ3n) is 2.51. The molecule has 0 spiro atoms. The van der Waals surface area contributed by atoms with Gasteiger partial charge in [-0.25, -0.2) is 0 Å². The van der Waals surface area contributed by atoms with Gasteiger partial charge in [-0.1, -0.05) is 18.5 Å². The van der Waals surface area contributed by atoms with E-state index in [1.54, 1.807) is 18.2 Å². The van der Waals surface area contributed by atoms with Gasteiger partial charge >= 0.3 is 5.97 Å². The first-order valence-electron chi connectivity index (χ1n) is 6.22. The van der Waals surface area contributed by atoms with Crippen LogP contribution in [-0.2, 0) is 4.79 Å². The summed E-state index contributed by atoms with van der Waals surface area (Å²) in [5.74, 6) is -0.440. The minimum atomic E-state index is -0.894. The maximum atomic E-state index is 11.8. The summed E-state index contributed by atoms with van der Waals surface area (Å²) in [7, 11) is 0. The fourth-order valence-electron chi connectivity index (χ4n) is 1.55. The number of aliphatic carboxylic acids is 1. The Morgan fingerprint density at radius 2 is 2.05 bits per heavy atom. The fourth-order valence-corrected chi connectivity index (χ4v) is 1.78. The van der Waals surface area contributed by atoms with Crippen LogP contribution in [0, 0.1) is 0 Å². The first-order chi connectivity index (χ1) is 9.04. The molecule has 0 bridgehead atoms. The van der Waals surface area contributed by atoms with Gasteiger partial charge in [-0.15, -0.1) is 0 Å². The van der Waals surface area contributed by atoms with Crippen molar-refractivity contribution in [2.24, 2.45) is 0 Å². The summed E-state index contributed by atoms with van der Waals surface area (Å²) in [5, 5.41) is 8.91. The third-order valence-corrected chi connectivity index (χ3v) is 2.81. The first kappa shape index (κ1) is 15.5. The predicted octanol–water partition coefficient (Wildman–Crippen LogP) is 3.57. The summed E-state index contributed by atoms with van der Waals surface area (Å²) in [6, 6.07) is 4.89. The molecule has 0 atom stereocenters. The molecular weight excluding hydrogens is 268 g/mol. The van der Waals surface area contributed by atoms with Crippen LogP contribution in [0.25, 0.3) is 0 Å². The Hall–Kier alpha value is -1.55. The van der Waals surface area contributed by atoms with Crippen LogP contribution in [0.3, 0.4) is 0 Å². The number of carboxylic acids is 1. The monoisotopic (exact) mass is 284 g/mol. The highest BCUT2D eigenvalue weighted by Gasteiger charge is 2.10. The molecular formula is C14H17ClO4. The smallest absolute Gasteiger partial charge is 0.303 e. The highest BCUT2D eigenvalue weighted by atomic mass is 35.5.